The molecule has 2 heterocycles. The lowest BCUT2D eigenvalue weighted by molar-refractivity contribution is 0.191. The van der Waals surface area contributed by atoms with Gasteiger partial charge in [-0.15, -0.1) is 0 Å². The molecule has 1 aromatic carbocycles. The summed E-state index contributed by atoms with van der Waals surface area (Å²) in [4.78, 5) is 17.3. The smallest absolute Gasteiger partial charge is 0.280 e. The Hall–Kier alpha value is -1.88. The fourth-order valence-electron chi connectivity index (χ4n) is 2.93. The second-order valence-corrected chi connectivity index (χ2v) is 5.37. The molecule has 0 unspecified atom stereocenters. The van der Waals surface area contributed by atoms with Gasteiger partial charge in [-0.2, -0.15) is 0 Å². The molecule has 1 aromatic heterocycles. The van der Waals surface area contributed by atoms with Crippen molar-refractivity contribution < 1.29 is 5.11 Å². The van der Waals surface area contributed by atoms with Gasteiger partial charge < -0.3 is 5.11 Å². The molecule has 2 aromatic rings. The van der Waals surface area contributed by atoms with Crippen LogP contribution in [0, 0.1) is 0 Å². The predicted molar refractivity (Wildman–Crippen MR) is 78.5 cm³/mol. The number of aryl methyl sites for hydroxylation is 1. The van der Waals surface area contributed by atoms with Gasteiger partial charge in [0.1, 0.15) is 5.82 Å². The number of rotatable bonds is 3. The molecule has 1 aliphatic heterocycles. The van der Waals surface area contributed by atoms with Crippen LogP contribution in [0.5, 0.6) is 0 Å². The zero-order chi connectivity index (χ0) is 14.4. The molecule has 3 rings (SSSR count). The monoisotopic (exact) mass is 273 g/mol. The number of aliphatic hydroxyl groups is 1. The van der Waals surface area contributed by atoms with E-state index in [2.05, 4.69) is 4.98 Å². The Bertz CT molecular complexity index is 708. The fraction of sp³-hybridized carbons (Fsp3) is 0.467. The summed E-state index contributed by atoms with van der Waals surface area (Å²) in [5, 5.41) is 12.3. The largest absolute Gasteiger partial charge is 0.391 e. The Labute approximate surface area is 117 Å². The second-order valence-electron chi connectivity index (χ2n) is 5.37. The van der Waals surface area contributed by atoms with Crippen LogP contribution in [0.4, 0.5) is 0 Å². The molecule has 1 aliphatic rings. The number of aliphatic hydroxyl groups excluding tert-OH is 1. The van der Waals surface area contributed by atoms with Gasteiger partial charge in [0.05, 0.1) is 29.1 Å². The Morgan fingerprint density at radius 2 is 2.10 bits per heavy atom. The molecule has 5 nitrogen and oxygen atoms in total. The van der Waals surface area contributed by atoms with Gasteiger partial charge in [-0.3, -0.25) is 9.80 Å². The van der Waals surface area contributed by atoms with Crippen molar-refractivity contribution in [1.29, 1.82) is 0 Å². The van der Waals surface area contributed by atoms with E-state index in [-0.39, 0.29) is 17.6 Å². The molecule has 106 valence electrons. The topological polar surface area (TPSA) is 58.1 Å². The predicted octanol–water partition coefficient (Wildman–Crippen LogP) is 1.05. The summed E-state index contributed by atoms with van der Waals surface area (Å²) < 4.78 is 1.64. The van der Waals surface area contributed by atoms with Crippen LogP contribution in [0.3, 0.4) is 0 Å². The Kier molecular flexibility index (Phi) is 3.01. The van der Waals surface area contributed by atoms with Crippen molar-refractivity contribution in [3.63, 3.8) is 0 Å². The highest BCUT2D eigenvalue weighted by Crippen LogP contribution is 2.28. The third-order valence-corrected chi connectivity index (χ3v) is 3.99. The first kappa shape index (κ1) is 13.1. The Balaban J connectivity index is 2.20. The Morgan fingerprint density at radius 3 is 2.70 bits per heavy atom. The molecule has 20 heavy (non-hydrogen) atoms. The van der Waals surface area contributed by atoms with Crippen LogP contribution in [-0.4, -0.2) is 33.0 Å². The maximum atomic E-state index is 12.7. The molecule has 5 heteroatoms. The molecule has 0 radical (unpaired) electrons. The van der Waals surface area contributed by atoms with Gasteiger partial charge in [0, 0.05) is 6.42 Å². The van der Waals surface area contributed by atoms with Gasteiger partial charge in [-0.25, -0.2) is 9.66 Å². The molecular formula is C15H19N3O2. The van der Waals surface area contributed by atoms with Crippen LogP contribution < -0.4 is 10.6 Å². The summed E-state index contributed by atoms with van der Waals surface area (Å²) in [6, 6.07) is 7.53. The van der Waals surface area contributed by atoms with Crippen molar-refractivity contribution in [2.75, 3.05) is 5.01 Å². The van der Waals surface area contributed by atoms with E-state index in [0.29, 0.717) is 11.8 Å². The van der Waals surface area contributed by atoms with Gasteiger partial charge in [0.25, 0.3) is 5.56 Å². The lowest BCUT2D eigenvalue weighted by Crippen LogP contribution is -2.36. The van der Waals surface area contributed by atoms with E-state index in [1.807, 2.05) is 37.1 Å². The quantitative estimate of drug-likeness (QED) is 0.849. The molecular weight excluding hydrogens is 254 g/mol. The van der Waals surface area contributed by atoms with Gasteiger partial charge in [0.15, 0.2) is 0 Å². The standard InChI is InChI=1S/C15H19N3O2/c1-4-13-16-12-8-6-5-7-11(12)15(20)18(13)17-9(2)14(17)10(3)19/h5-10,14,19H,4H2,1-3H3/t9-,10-,14-,17?/m0/s1. The normalized spacial score (nSPS) is 23.1. The summed E-state index contributed by atoms with van der Waals surface area (Å²) in [5.74, 6) is 0.740. The first-order valence-electron chi connectivity index (χ1n) is 7.03. The lowest BCUT2D eigenvalue weighted by Gasteiger charge is -2.16. The minimum Gasteiger partial charge on any atom is -0.391 e. The fourth-order valence-corrected chi connectivity index (χ4v) is 2.93. The van der Waals surface area contributed by atoms with Gasteiger partial charge in [-0.1, -0.05) is 19.1 Å². The summed E-state index contributed by atoms with van der Waals surface area (Å²) >= 11 is 0. The zero-order valence-corrected chi connectivity index (χ0v) is 11.9. The number of nitrogens with zero attached hydrogens (tertiary/aromatic N) is 3. The van der Waals surface area contributed by atoms with Crippen molar-refractivity contribution in [3.8, 4) is 0 Å². The third kappa shape index (κ3) is 1.81. The van der Waals surface area contributed by atoms with E-state index < -0.39 is 6.10 Å². The van der Waals surface area contributed by atoms with E-state index in [9.17, 15) is 9.90 Å². The van der Waals surface area contributed by atoms with Crippen molar-refractivity contribution in [2.24, 2.45) is 0 Å². The second kappa shape index (κ2) is 4.59. The van der Waals surface area contributed by atoms with E-state index >= 15 is 0 Å². The molecule has 0 aliphatic carbocycles. The third-order valence-electron chi connectivity index (χ3n) is 3.99. The molecule has 3 atom stereocenters. The highest BCUT2D eigenvalue weighted by atomic mass is 16.3. The van der Waals surface area contributed by atoms with E-state index in [1.165, 1.54) is 0 Å². The van der Waals surface area contributed by atoms with Crippen LogP contribution >= 0.6 is 0 Å². The molecule has 1 N–H and O–H groups in total. The molecule has 1 fully saturated rings. The molecule has 1 saturated heterocycles. The summed E-state index contributed by atoms with van der Waals surface area (Å²) in [6.07, 6.45) is 0.212. The molecule has 0 amide bonds. The van der Waals surface area contributed by atoms with Crippen LogP contribution in [-0.2, 0) is 6.42 Å². The number of hydrogen-bond donors (Lipinski definition) is 1. The van der Waals surface area contributed by atoms with Crippen molar-refractivity contribution in [3.05, 3.63) is 40.4 Å². The average molecular weight is 273 g/mol. The number of fused-ring (bicyclic) bond motifs is 1. The number of hydrogen-bond acceptors (Lipinski definition) is 4. The maximum absolute atomic E-state index is 12.7. The molecule has 0 saturated carbocycles. The zero-order valence-electron chi connectivity index (χ0n) is 11.9. The lowest BCUT2D eigenvalue weighted by atomic mass is 10.2. The van der Waals surface area contributed by atoms with Crippen molar-refractivity contribution in [2.45, 2.75) is 45.4 Å². The SMILES string of the molecule is CCc1nc2ccccc2c(=O)n1N1[C@H]([C@H](C)O)[C@@H]1C. The van der Waals surface area contributed by atoms with Crippen LogP contribution in [0.1, 0.15) is 26.6 Å². The number of benzene rings is 1. The highest BCUT2D eigenvalue weighted by Gasteiger charge is 2.49. The first-order chi connectivity index (χ1) is 9.56. The van der Waals surface area contributed by atoms with Crippen molar-refractivity contribution in [1.82, 2.24) is 9.66 Å². The first-order valence-corrected chi connectivity index (χ1v) is 7.03. The molecule has 0 spiro atoms. The van der Waals surface area contributed by atoms with E-state index in [4.69, 9.17) is 0 Å². The number of para-hydroxylation sites is 1. The van der Waals surface area contributed by atoms with Crippen LogP contribution in [0.2, 0.25) is 0 Å². The summed E-state index contributed by atoms with van der Waals surface area (Å²) in [5.41, 5.74) is 0.677. The molecule has 0 bridgehead atoms. The summed E-state index contributed by atoms with van der Waals surface area (Å²) in [7, 11) is 0. The maximum Gasteiger partial charge on any atom is 0.280 e. The Morgan fingerprint density at radius 1 is 1.40 bits per heavy atom. The van der Waals surface area contributed by atoms with Gasteiger partial charge >= 0.3 is 0 Å². The van der Waals surface area contributed by atoms with Gasteiger partial charge in [0.2, 0.25) is 0 Å². The van der Waals surface area contributed by atoms with E-state index in [1.54, 1.807) is 17.7 Å². The van der Waals surface area contributed by atoms with Gasteiger partial charge in [-0.05, 0) is 26.0 Å². The minimum absolute atomic E-state index is 0.0130. The highest BCUT2D eigenvalue weighted by molar-refractivity contribution is 5.77. The van der Waals surface area contributed by atoms with Crippen LogP contribution in [0.15, 0.2) is 29.1 Å². The van der Waals surface area contributed by atoms with Crippen molar-refractivity contribution >= 4 is 10.9 Å². The van der Waals surface area contributed by atoms with E-state index in [0.717, 1.165) is 11.3 Å². The minimum atomic E-state index is -0.465. The van der Waals surface area contributed by atoms with Crippen LogP contribution in [0.25, 0.3) is 10.9 Å². The summed E-state index contributed by atoms with van der Waals surface area (Å²) in [6.45, 7) is 5.75. The number of aromatic nitrogens is 2. The average Bonchev–Trinajstić information content (AvgIpc) is 3.09.